The summed E-state index contributed by atoms with van der Waals surface area (Å²) >= 11 is 0. The summed E-state index contributed by atoms with van der Waals surface area (Å²) in [7, 11) is 1.62. The van der Waals surface area contributed by atoms with Crippen LogP contribution in [0.5, 0.6) is 5.75 Å². The van der Waals surface area contributed by atoms with Crippen molar-refractivity contribution in [1.29, 1.82) is 0 Å². The molecule has 1 aromatic heterocycles. The maximum absolute atomic E-state index is 12.8. The first-order valence-electron chi connectivity index (χ1n) is 8.93. The predicted octanol–water partition coefficient (Wildman–Crippen LogP) is 1.10. The van der Waals surface area contributed by atoms with Crippen molar-refractivity contribution in [3.05, 3.63) is 48.0 Å². The highest BCUT2D eigenvalue weighted by atomic mass is 16.5. The number of carbonyl (C=O) groups excluding carboxylic acids is 1. The number of hydrogen-bond donors (Lipinski definition) is 3. The molecule has 0 radical (unpaired) electrons. The van der Waals surface area contributed by atoms with Crippen LogP contribution in [0, 0.1) is 0 Å². The smallest absolute Gasteiger partial charge is 0.256 e. The topological polar surface area (TPSA) is 90.5 Å². The van der Waals surface area contributed by atoms with Crippen LogP contribution >= 0.6 is 0 Å². The van der Waals surface area contributed by atoms with E-state index >= 15 is 0 Å². The minimum atomic E-state index is -1.34. The Hall–Kier alpha value is -2.38. The second-order valence-electron chi connectivity index (χ2n) is 6.72. The van der Waals surface area contributed by atoms with Crippen LogP contribution in [0.3, 0.4) is 0 Å². The van der Waals surface area contributed by atoms with E-state index in [9.17, 15) is 9.90 Å². The van der Waals surface area contributed by atoms with Crippen molar-refractivity contribution < 1.29 is 14.6 Å². The number of benzene rings is 1. The van der Waals surface area contributed by atoms with Gasteiger partial charge in [0.25, 0.3) is 5.91 Å². The molecule has 1 aliphatic rings. The van der Waals surface area contributed by atoms with Crippen molar-refractivity contribution in [2.45, 2.75) is 31.4 Å². The Morgan fingerprint density at radius 1 is 1.46 bits per heavy atom. The molecule has 1 amide bonds. The number of likely N-dealkylation sites (tertiary alicyclic amines) is 1. The van der Waals surface area contributed by atoms with Crippen molar-refractivity contribution in [3.8, 4) is 5.75 Å². The van der Waals surface area contributed by atoms with Crippen LogP contribution < -0.4 is 10.1 Å². The number of aromatic amines is 1. The van der Waals surface area contributed by atoms with Gasteiger partial charge in [0.1, 0.15) is 5.75 Å². The molecule has 0 saturated carbocycles. The van der Waals surface area contributed by atoms with Gasteiger partial charge in [0, 0.05) is 44.5 Å². The quantitative estimate of drug-likeness (QED) is 0.615. The van der Waals surface area contributed by atoms with E-state index in [0.29, 0.717) is 26.1 Å². The van der Waals surface area contributed by atoms with Gasteiger partial charge in [-0.25, -0.2) is 4.98 Å². The summed E-state index contributed by atoms with van der Waals surface area (Å²) < 4.78 is 5.24. The van der Waals surface area contributed by atoms with Crippen molar-refractivity contribution in [2.75, 3.05) is 26.7 Å². The van der Waals surface area contributed by atoms with Gasteiger partial charge < -0.3 is 25.0 Å². The Balaban J connectivity index is 1.55. The number of nitrogens with one attached hydrogen (secondary N) is 2. The van der Waals surface area contributed by atoms with Crippen molar-refractivity contribution in [2.24, 2.45) is 0 Å². The van der Waals surface area contributed by atoms with Crippen LogP contribution in [0.1, 0.15) is 24.1 Å². The number of methoxy groups -OCH3 is 1. The second-order valence-corrected chi connectivity index (χ2v) is 6.72. The third kappa shape index (κ3) is 4.42. The van der Waals surface area contributed by atoms with E-state index in [2.05, 4.69) is 15.3 Å². The van der Waals surface area contributed by atoms with Crippen LogP contribution in [0.15, 0.2) is 36.8 Å². The van der Waals surface area contributed by atoms with E-state index in [1.165, 1.54) is 0 Å². The molecular weight excluding hydrogens is 332 g/mol. The fourth-order valence-corrected chi connectivity index (χ4v) is 3.31. The lowest BCUT2D eigenvalue weighted by molar-refractivity contribution is -0.157. The molecule has 3 rings (SSSR count). The van der Waals surface area contributed by atoms with Gasteiger partial charge in [-0.3, -0.25) is 4.79 Å². The van der Waals surface area contributed by atoms with E-state index in [4.69, 9.17) is 4.74 Å². The first kappa shape index (κ1) is 18.4. The number of imidazole rings is 1. The van der Waals surface area contributed by atoms with E-state index < -0.39 is 5.60 Å². The largest absolute Gasteiger partial charge is 0.497 e. The summed E-state index contributed by atoms with van der Waals surface area (Å²) in [4.78, 5) is 21.6. The Morgan fingerprint density at radius 2 is 2.35 bits per heavy atom. The lowest BCUT2D eigenvalue weighted by atomic mass is 9.91. The number of piperidine rings is 1. The first-order valence-corrected chi connectivity index (χ1v) is 8.93. The summed E-state index contributed by atoms with van der Waals surface area (Å²) in [6.07, 6.45) is 5.46. The molecule has 0 bridgehead atoms. The van der Waals surface area contributed by atoms with Crippen LogP contribution in [0.4, 0.5) is 0 Å². The molecule has 0 aliphatic carbocycles. The molecule has 26 heavy (non-hydrogen) atoms. The van der Waals surface area contributed by atoms with Crippen LogP contribution in [-0.2, 0) is 17.8 Å². The first-order chi connectivity index (χ1) is 12.6. The Bertz CT molecular complexity index is 719. The summed E-state index contributed by atoms with van der Waals surface area (Å²) in [5.74, 6) is 0.559. The normalized spacial score (nSPS) is 20.4. The van der Waals surface area contributed by atoms with E-state index in [0.717, 1.165) is 29.8 Å². The van der Waals surface area contributed by atoms with E-state index in [1.807, 2.05) is 24.3 Å². The zero-order valence-corrected chi connectivity index (χ0v) is 15.1. The fraction of sp³-hybridized carbons (Fsp3) is 0.474. The molecule has 1 fully saturated rings. The van der Waals surface area contributed by atoms with Crippen LogP contribution in [0.2, 0.25) is 0 Å². The highest BCUT2D eigenvalue weighted by Crippen LogP contribution is 2.24. The average Bonchev–Trinajstić information content (AvgIpc) is 3.17. The van der Waals surface area contributed by atoms with E-state index in [-0.39, 0.29) is 12.5 Å². The maximum Gasteiger partial charge on any atom is 0.256 e. The molecule has 0 spiro atoms. The van der Waals surface area contributed by atoms with Gasteiger partial charge in [-0.2, -0.15) is 0 Å². The molecule has 2 heterocycles. The number of hydrogen-bond acceptors (Lipinski definition) is 5. The van der Waals surface area contributed by atoms with Crippen molar-refractivity contribution >= 4 is 5.91 Å². The molecule has 1 atom stereocenters. The molecule has 3 N–H and O–H groups in total. The molecule has 140 valence electrons. The highest BCUT2D eigenvalue weighted by Gasteiger charge is 2.41. The highest BCUT2D eigenvalue weighted by molar-refractivity contribution is 5.86. The monoisotopic (exact) mass is 358 g/mol. The maximum atomic E-state index is 12.8. The van der Waals surface area contributed by atoms with Crippen molar-refractivity contribution in [3.63, 3.8) is 0 Å². The number of aromatic nitrogens is 2. The van der Waals surface area contributed by atoms with Gasteiger partial charge >= 0.3 is 0 Å². The number of amides is 1. The van der Waals surface area contributed by atoms with Gasteiger partial charge in [0.15, 0.2) is 5.60 Å². The van der Waals surface area contributed by atoms with Gasteiger partial charge in [-0.15, -0.1) is 0 Å². The molecule has 1 aromatic carbocycles. The standard InChI is InChI=1S/C19H26N4O3/c1-26-17-5-2-4-15(10-17)12-23-9-3-7-19(25,18(23)24)13-20-8-6-16-11-21-14-22-16/h2,4-5,10-11,14,20,25H,3,6-9,12-13H2,1H3,(H,21,22)/t19-/m0/s1. The molecular formula is C19H26N4O3. The minimum Gasteiger partial charge on any atom is -0.497 e. The predicted molar refractivity (Wildman–Crippen MR) is 97.8 cm³/mol. The Labute approximate surface area is 153 Å². The number of aliphatic hydroxyl groups is 1. The van der Waals surface area contributed by atoms with E-state index in [1.54, 1.807) is 24.5 Å². The molecule has 1 aliphatic heterocycles. The Morgan fingerprint density at radius 3 is 3.12 bits per heavy atom. The van der Waals surface area contributed by atoms with Gasteiger partial charge in [0.2, 0.25) is 0 Å². The number of carbonyl (C=O) groups is 1. The summed E-state index contributed by atoms with van der Waals surface area (Å²) in [6.45, 7) is 2.07. The van der Waals surface area contributed by atoms with Crippen LogP contribution in [0.25, 0.3) is 0 Å². The third-order valence-electron chi connectivity index (χ3n) is 4.75. The zero-order chi connectivity index (χ0) is 18.4. The summed E-state index contributed by atoms with van der Waals surface area (Å²) in [5.41, 5.74) is 0.679. The number of nitrogens with zero attached hydrogens (tertiary/aromatic N) is 2. The Kier molecular flexibility index (Phi) is 5.90. The van der Waals surface area contributed by atoms with Gasteiger partial charge in [0.05, 0.1) is 13.4 Å². The molecule has 7 heteroatoms. The fourth-order valence-electron chi connectivity index (χ4n) is 3.31. The lowest BCUT2D eigenvalue weighted by Crippen LogP contribution is -2.57. The number of rotatable bonds is 8. The lowest BCUT2D eigenvalue weighted by Gasteiger charge is -2.38. The SMILES string of the molecule is COc1cccc(CN2CCC[C@](O)(CNCCc3cnc[nH]3)C2=O)c1. The second kappa shape index (κ2) is 8.33. The average molecular weight is 358 g/mol. The number of H-pyrrole nitrogens is 1. The molecule has 2 aromatic rings. The summed E-state index contributed by atoms with van der Waals surface area (Å²) in [6, 6.07) is 7.67. The van der Waals surface area contributed by atoms with Crippen molar-refractivity contribution in [1.82, 2.24) is 20.2 Å². The van der Waals surface area contributed by atoms with Gasteiger partial charge in [-0.05, 0) is 30.5 Å². The molecule has 0 unspecified atom stereocenters. The summed E-state index contributed by atoms with van der Waals surface area (Å²) in [5, 5.41) is 14.0. The minimum absolute atomic E-state index is 0.208. The van der Waals surface area contributed by atoms with Gasteiger partial charge in [-0.1, -0.05) is 12.1 Å². The number of ether oxygens (including phenoxy) is 1. The molecule has 1 saturated heterocycles. The zero-order valence-electron chi connectivity index (χ0n) is 15.1. The van der Waals surface area contributed by atoms with Crippen LogP contribution in [-0.4, -0.2) is 58.2 Å². The third-order valence-corrected chi connectivity index (χ3v) is 4.75. The molecule has 7 nitrogen and oxygen atoms in total.